The van der Waals surface area contributed by atoms with Crippen LogP contribution in [0.25, 0.3) is 0 Å². The molecule has 0 bridgehead atoms. The van der Waals surface area contributed by atoms with Gasteiger partial charge in [-0.3, -0.25) is 0 Å². The van der Waals surface area contributed by atoms with E-state index in [-0.39, 0.29) is 23.0 Å². The molecule has 1 nitrogen and oxygen atoms in total. The highest BCUT2D eigenvalue weighted by Gasteiger charge is 2.34. The first kappa shape index (κ1) is 21.8. The van der Waals surface area contributed by atoms with Crippen molar-refractivity contribution in [3.8, 4) is 0 Å². The molecule has 0 saturated heterocycles. The van der Waals surface area contributed by atoms with Gasteiger partial charge in [0.25, 0.3) is 0 Å². The Morgan fingerprint density at radius 3 is 1.16 bits per heavy atom. The molecule has 0 spiro atoms. The fourth-order valence-electron chi connectivity index (χ4n) is 4.43. The highest BCUT2D eigenvalue weighted by Crippen LogP contribution is 2.47. The van der Waals surface area contributed by atoms with Gasteiger partial charge in [0, 0.05) is 0 Å². The van der Waals surface area contributed by atoms with Gasteiger partial charge in [-0.2, -0.15) is 0 Å². The number of aryl methyl sites for hydroxylation is 2. The lowest BCUT2D eigenvalue weighted by atomic mass is 9.85. The molecule has 31 heavy (non-hydrogen) atoms. The Balaban J connectivity index is 1.75. The number of hydrogen-bond acceptors (Lipinski definition) is 1. The number of ether oxygens (including phenoxy) is 1. The molecule has 1 aliphatic rings. The van der Waals surface area contributed by atoms with Crippen molar-refractivity contribution in [1.82, 2.24) is 0 Å². The van der Waals surface area contributed by atoms with Crippen molar-refractivity contribution in [2.45, 2.75) is 78.4 Å². The molecule has 2 atom stereocenters. The number of fused-ring (bicyclic) bond motifs is 1. The molecule has 0 radical (unpaired) electrons. The third-order valence-electron chi connectivity index (χ3n) is 6.70. The van der Waals surface area contributed by atoms with Gasteiger partial charge in [-0.05, 0) is 69.2 Å². The minimum absolute atomic E-state index is 0.0318. The van der Waals surface area contributed by atoms with Crippen LogP contribution in [0.4, 0.5) is 0 Å². The summed E-state index contributed by atoms with van der Waals surface area (Å²) < 4.78 is 6.76. The third-order valence-corrected chi connectivity index (χ3v) is 6.70. The summed E-state index contributed by atoms with van der Waals surface area (Å²) in [5.74, 6) is 0. The molecule has 1 heteroatoms. The summed E-state index contributed by atoms with van der Waals surface area (Å²) >= 11 is 0. The van der Waals surface area contributed by atoms with Crippen LogP contribution in [0.2, 0.25) is 0 Å². The fraction of sp³-hybridized carbons (Fsp3) is 0.400. The van der Waals surface area contributed by atoms with Gasteiger partial charge in [-0.1, -0.05) is 102 Å². The zero-order valence-corrected chi connectivity index (χ0v) is 20.3. The standard InChI is InChI=1S/C30H36O/c1-19-17-25-26(18-20(19)2)28(22-11-15-24(16-12-22)30(6,7)8)31-27(25)21-9-13-23(14-10-21)29(3,4)5/h9-18,27-28H,1-8H3. The summed E-state index contributed by atoms with van der Waals surface area (Å²) in [4.78, 5) is 0. The minimum atomic E-state index is -0.0318. The lowest BCUT2D eigenvalue weighted by molar-refractivity contribution is 0.0581. The van der Waals surface area contributed by atoms with Gasteiger partial charge in [0.05, 0.1) is 0 Å². The second kappa shape index (κ2) is 7.64. The zero-order valence-electron chi connectivity index (χ0n) is 20.3. The lowest BCUT2D eigenvalue weighted by Gasteiger charge is -2.21. The SMILES string of the molecule is Cc1cc2c(cc1C)C(c1ccc(C(C)(C)C)cc1)OC2c1ccc(C(C)(C)C)cc1. The molecule has 162 valence electrons. The summed E-state index contributed by atoms with van der Waals surface area (Å²) in [6, 6.07) is 22.7. The molecule has 0 amide bonds. The Morgan fingerprint density at radius 2 is 0.871 bits per heavy atom. The van der Waals surface area contributed by atoms with Crippen molar-refractivity contribution >= 4 is 0 Å². The molecule has 3 aromatic carbocycles. The van der Waals surface area contributed by atoms with Crippen LogP contribution in [-0.4, -0.2) is 0 Å². The van der Waals surface area contributed by atoms with E-state index < -0.39 is 0 Å². The smallest absolute Gasteiger partial charge is 0.109 e. The average Bonchev–Trinajstić information content (AvgIpc) is 3.05. The molecular formula is C30H36O. The van der Waals surface area contributed by atoms with Gasteiger partial charge in [0.1, 0.15) is 12.2 Å². The number of benzene rings is 3. The van der Waals surface area contributed by atoms with Crippen molar-refractivity contribution in [3.63, 3.8) is 0 Å². The molecule has 1 aliphatic heterocycles. The zero-order chi connectivity index (χ0) is 22.6. The van der Waals surface area contributed by atoms with Crippen molar-refractivity contribution in [2.24, 2.45) is 0 Å². The molecule has 3 aromatic rings. The highest BCUT2D eigenvalue weighted by atomic mass is 16.5. The largest absolute Gasteiger partial charge is 0.356 e. The van der Waals surface area contributed by atoms with Crippen LogP contribution in [0.3, 0.4) is 0 Å². The molecular weight excluding hydrogens is 376 g/mol. The first-order chi connectivity index (χ1) is 14.4. The predicted molar refractivity (Wildman–Crippen MR) is 131 cm³/mol. The Hall–Kier alpha value is -2.38. The second-order valence-corrected chi connectivity index (χ2v) is 11.2. The van der Waals surface area contributed by atoms with Gasteiger partial charge in [-0.25, -0.2) is 0 Å². The van der Waals surface area contributed by atoms with Crippen molar-refractivity contribution in [2.75, 3.05) is 0 Å². The van der Waals surface area contributed by atoms with Crippen molar-refractivity contribution < 1.29 is 4.74 Å². The Bertz CT molecular complexity index is 985. The minimum Gasteiger partial charge on any atom is -0.356 e. The van der Waals surface area contributed by atoms with Crippen LogP contribution in [-0.2, 0) is 15.6 Å². The number of rotatable bonds is 2. The second-order valence-electron chi connectivity index (χ2n) is 11.2. The Morgan fingerprint density at radius 1 is 0.548 bits per heavy atom. The molecule has 1 heterocycles. The van der Waals surface area contributed by atoms with Crippen LogP contribution in [0.5, 0.6) is 0 Å². The van der Waals surface area contributed by atoms with Gasteiger partial charge in [-0.15, -0.1) is 0 Å². The molecule has 2 unspecified atom stereocenters. The fourth-order valence-corrected chi connectivity index (χ4v) is 4.43. The monoisotopic (exact) mass is 412 g/mol. The molecule has 4 rings (SSSR count). The summed E-state index contributed by atoms with van der Waals surface area (Å²) in [6.45, 7) is 17.9. The van der Waals surface area contributed by atoms with E-state index >= 15 is 0 Å². The van der Waals surface area contributed by atoms with Crippen LogP contribution in [0.1, 0.15) is 98.3 Å². The van der Waals surface area contributed by atoms with Crippen molar-refractivity contribution in [3.05, 3.63) is 105 Å². The first-order valence-corrected chi connectivity index (χ1v) is 11.4. The number of hydrogen-bond donors (Lipinski definition) is 0. The van der Waals surface area contributed by atoms with Crippen molar-refractivity contribution in [1.29, 1.82) is 0 Å². The van der Waals surface area contributed by atoms with E-state index in [0.29, 0.717) is 0 Å². The van der Waals surface area contributed by atoms with Crippen LogP contribution >= 0.6 is 0 Å². The molecule has 0 aromatic heterocycles. The first-order valence-electron chi connectivity index (χ1n) is 11.4. The summed E-state index contributed by atoms with van der Waals surface area (Å²) in [7, 11) is 0. The summed E-state index contributed by atoms with van der Waals surface area (Å²) in [6.07, 6.45) is -0.0637. The average molecular weight is 413 g/mol. The maximum Gasteiger partial charge on any atom is 0.109 e. The van der Waals surface area contributed by atoms with Gasteiger partial charge in [0.15, 0.2) is 0 Å². The Kier molecular flexibility index (Phi) is 5.38. The summed E-state index contributed by atoms with van der Waals surface area (Å²) in [5.41, 5.74) is 10.7. The van der Waals surface area contributed by atoms with E-state index in [0.717, 1.165) is 0 Å². The van der Waals surface area contributed by atoms with Crippen LogP contribution in [0, 0.1) is 13.8 Å². The maximum absolute atomic E-state index is 6.76. The molecule has 0 saturated carbocycles. The lowest BCUT2D eigenvalue weighted by Crippen LogP contribution is -2.11. The van der Waals surface area contributed by atoms with Gasteiger partial charge in [0.2, 0.25) is 0 Å². The third kappa shape index (κ3) is 4.21. The molecule has 0 N–H and O–H groups in total. The van der Waals surface area contributed by atoms with Gasteiger partial charge >= 0.3 is 0 Å². The normalized spacial score (nSPS) is 18.8. The van der Waals surface area contributed by atoms with E-state index in [1.54, 1.807) is 0 Å². The van der Waals surface area contributed by atoms with Gasteiger partial charge < -0.3 is 4.74 Å². The van der Waals surface area contributed by atoms with E-state index in [1.165, 1.54) is 44.5 Å². The molecule has 0 fully saturated rings. The van der Waals surface area contributed by atoms with Crippen LogP contribution < -0.4 is 0 Å². The topological polar surface area (TPSA) is 9.23 Å². The van der Waals surface area contributed by atoms with E-state index in [2.05, 4.69) is 116 Å². The van der Waals surface area contributed by atoms with E-state index in [9.17, 15) is 0 Å². The van der Waals surface area contributed by atoms with E-state index in [4.69, 9.17) is 4.74 Å². The summed E-state index contributed by atoms with van der Waals surface area (Å²) in [5, 5.41) is 0. The van der Waals surface area contributed by atoms with Crippen LogP contribution in [0.15, 0.2) is 60.7 Å². The molecule has 0 aliphatic carbocycles. The van der Waals surface area contributed by atoms with E-state index in [1.807, 2.05) is 0 Å². The highest BCUT2D eigenvalue weighted by molar-refractivity contribution is 5.49. The maximum atomic E-state index is 6.76. The predicted octanol–water partition coefficient (Wildman–Crippen LogP) is 8.11. The quantitative estimate of drug-likeness (QED) is 0.413. The Labute approximate surface area is 188 Å².